The van der Waals surface area contributed by atoms with Gasteiger partial charge < -0.3 is 9.52 Å². The van der Waals surface area contributed by atoms with Crippen LogP contribution in [0.15, 0.2) is 34.7 Å². The van der Waals surface area contributed by atoms with Crippen LogP contribution in [0.25, 0.3) is 11.3 Å². The second-order valence-electron chi connectivity index (χ2n) is 3.39. The van der Waals surface area contributed by atoms with Crippen molar-refractivity contribution in [2.45, 2.75) is 13.5 Å². The number of aliphatic hydroxyl groups is 1. The molecule has 0 saturated heterocycles. The van der Waals surface area contributed by atoms with Gasteiger partial charge in [0.05, 0.1) is 0 Å². The van der Waals surface area contributed by atoms with Crippen LogP contribution in [0.3, 0.4) is 0 Å². The Morgan fingerprint density at radius 2 is 2.07 bits per heavy atom. The topological polar surface area (TPSA) is 33.4 Å². The number of aryl methyl sites for hydroxylation is 1. The quantitative estimate of drug-likeness (QED) is 0.819. The fourth-order valence-corrected chi connectivity index (χ4v) is 1.42. The van der Waals surface area contributed by atoms with Gasteiger partial charge in [0, 0.05) is 5.56 Å². The Hall–Kier alpha value is -1.61. The zero-order valence-corrected chi connectivity index (χ0v) is 8.33. The summed E-state index contributed by atoms with van der Waals surface area (Å²) in [6, 6.07) is 8.25. The van der Waals surface area contributed by atoms with E-state index in [0.29, 0.717) is 17.1 Å². The minimum atomic E-state index is -0.229. The largest absolute Gasteiger partial charge is 0.459 e. The summed E-state index contributed by atoms with van der Waals surface area (Å²) in [5, 5.41) is 8.84. The second-order valence-corrected chi connectivity index (χ2v) is 3.39. The van der Waals surface area contributed by atoms with E-state index in [1.54, 1.807) is 31.2 Å². The van der Waals surface area contributed by atoms with Gasteiger partial charge >= 0.3 is 0 Å². The fraction of sp³-hybridized carbons (Fsp3) is 0.167. The molecule has 2 nitrogen and oxygen atoms in total. The van der Waals surface area contributed by atoms with Crippen LogP contribution in [0, 0.1) is 12.7 Å². The van der Waals surface area contributed by atoms with Crippen LogP contribution in [0.1, 0.15) is 11.3 Å². The molecule has 0 saturated carbocycles. The Morgan fingerprint density at radius 1 is 1.27 bits per heavy atom. The molecule has 1 N–H and O–H groups in total. The highest BCUT2D eigenvalue weighted by Gasteiger charge is 2.05. The number of halogens is 1. The molecule has 0 atom stereocenters. The maximum absolute atomic E-state index is 13.0. The van der Waals surface area contributed by atoms with Gasteiger partial charge in [0.15, 0.2) is 0 Å². The molecule has 0 aliphatic rings. The summed E-state index contributed by atoms with van der Waals surface area (Å²) >= 11 is 0. The Morgan fingerprint density at radius 3 is 2.67 bits per heavy atom. The third-order valence-corrected chi connectivity index (χ3v) is 2.26. The monoisotopic (exact) mass is 206 g/mol. The molecule has 3 heteroatoms. The number of aliphatic hydroxyl groups excluding tert-OH is 1. The van der Waals surface area contributed by atoms with Crippen LogP contribution in [-0.4, -0.2) is 5.11 Å². The van der Waals surface area contributed by atoms with Crippen LogP contribution in [0.2, 0.25) is 0 Å². The predicted octanol–water partition coefficient (Wildman–Crippen LogP) is 2.89. The van der Waals surface area contributed by atoms with Gasteiger partial charge in [-0.15, -0.1) is 0 Å². The zero-order valence-electron chi connectivity index (χ0n) is 8.33. The van der Waals surface area contributed by atoms with E-state index in [-0.39, 0.29) is 12.4 Å². The maximum Gasteiger partial charge on any atom is 0.134 e. The van der Waals surface area contributed by atoms with E-state index in [2.05, 4.69) is 0 Å². The first-order chi connectivity index (χ1) is 7.20. The second kappa shape index (κ2) is 3.87. The summed E-state index contributed by atoms with van der Waals surface area (Å²) in [6.07, 6.45) is 0. The lowest BCUT2D eigenvalue weighted by Gasteiger charge is -2.00. The van der Waals surface area contributed by atoms with E-state index in [4.69, 9.17) is 9.52 Å². The summed E-state index contributed by atoms with van der Waals surface area (Å²) in [4.78, 5) is 0. The smallest absolute Gasteiger partial charge is 0.134 e. The summed E-state index contributed by atoms with van der Waals surface area (Å²) in [5.41, 5.74) is 1.39. The van der Waals surface area contributed by atoms with Gasteiger partial charge in [-0.25, -0.2) is 4.39 Å². The van der Waals surface area contributed by atoms with Crippen molar-refractivity contribution in [3.05, 3.63) is 47.5 Å². The van der Waals surface area contributed by atoms with E-state index in [1.807, 2.05) is 0 Å². The minimum Gasteiger partial charge on any atom is -0.459 e. The first-order valence-electron chi connectivity index (χ1n) is 4.67. The highest BCUT2D eigenvalue weighted by molar-refractivity contribution is 5.58. The summed E-state index contributed by atoms with van der Waals surface area (Å²) in [6.45, 7) is 1.58. The molecule has 2 rings (SSSR count). The van der Waals surface area contributed by atoms with Gasteiger partial charge in [-0.05, 0) is 42.8 Å². The van der Waals surface area contributed by atoms with E-state index < -0.39 is 0 Å². The van der Waals surface area contributed by atoms with Gasteiger partial charge in [-0.1, -0.05) is 0 Å². The molecule has 78 valence electrons. The van der Waals surface area contributed by atoms with Crippen molar-refractivity contribution in [3.63, 3.8) is 0 Å². The Labute approximate surface area is 87.0 Å². The van der Waals surface area contributed by atoms with E-state index >= 15 is 0 Å². The molecule has 1 heterocycles. The molecule has 0 spiro atoms. The Bertz CT molecular complexity index is 474. The Balaban J connectivity index is 2.40. The summed E-state index contributed by atoms with van der Waals surface area (Å²) in [5.74, 6) is 0.918. The zero-order chi connectivity index (χ0) is 10.8. The summed E-state index contributed by atoms with van der Waals surface area (Å²) in [7, 11) is 0. The molecule has 0 bridgehead atoms. The average Bonchev–Trinajstić information content (AvgIpc) is 2.70. The number of benzene rings is 1. The average molecular weight is 206 g/mol. The normalized spacial score (nSPS) is 10.6. The number of rotatable bonds is 2. The van der Waals surface area contributed by atoms with Crippen molar-refractivity contribution >= 4 is 0 Å². The summed E-state index contributed by atoms with van der Waals surface area (Å²) < 4.78 is 18.4. The highest BCUT2D eigenvalue weighted by atomic mass is 19.1. The van der Waals surface area contributed by atoms with Gasteiger partial charge in [0.2, 0.25) is 0 Å². The lowest BCUT2D eigenvalue weighted by molar-refractivity contribution is 0.248. The molecule has 0 fully saturated rings. The van der Waals surface area contributed by atoms with Crippen molar-refractivity contribution in [1.29, 1.82) is 0 Å². The molecule has 0 aliphatic carbocycles. The minimum absolute atomic E-state index is 0.125. The van der Waals surface area contributed by atoms with Gasteiger partial charge in [0.1, 0.15) is 23.9 Å². The van der Waals surface area contributed by atoms with Crippen LogP contribution < -0.4 is 0 Å². The van der Waals surface area contributed by atoms with Crippen LogP contribution in [-0.2, 0) is 6.61 Å². The molecule has 0 radical (unpaired) electrons. The maximum atomic E-state index is 13.0. The van der Waals surface area contributed by atoms with Crippen molar-refractivity contribution in [1.82, 2.24) is 0 Å². The first-order valence-corrected chi connectivity index (χ1v) is 4.67. The van der Waals surface area contributed by atoms with Crippen LogP contribution in [0.4, 0.5) is 4.39 Å². The first kappa shape index (κ1) is 9.93. The van der Waals surface area contributed by atoms with E-state index in [1.165, 1.54) is 6.07 Å². The highest BCUT2D eigenvalue weighted by Crippen LogP contribution is 2.24. The molecule has 0 amide bonds. The third-order valence-electron chi connectivity index (χ3n) is 2.26. The Kier molecular flexibility index (Phi) is 2.56. The van der Waals surface area contributed by atoms with Gasteiger partial charge in [-0.2, -0.15) is 0 Å². The van der Waals surface area contributed by atoms with Crippen molar-refractivity contribution in [2.24, 2.45) is 0 Å². The number of furan rings is 1. The fourth-order valence-electron chi connectivity index (χ4n) is 1.42. The molecule has 0 aliphatic heterocycles. The molecule has 15 heavy (non-hydrogen) atoms. The molecular weight excluding hydrogens is 195 g/mol. The molecule has 1 aromatic carbocycles. The molecule has 1 aromatic heterocycles. The van der Waals surface area contributed by atoms with E-state index in [9.17, 15) is 4.39 Å². The van der Waals surface area contributed by atoms with Gasteiger partial charge in [-0.3, -0.25) is 0 Å². The van der Waals surface area contributed by atoms with Crippen molar-refractivity contribution in [2.75, 3.05) is 0 Å². The SMILES string of the molecule is Cc1cc(-c2ccc(CO)o2)ccc1F. The predicted molar refractivity (Wildman–Crippen MR) is 54.8 cm³/mol. The molecular formula is C12H11FO2. The van der Waals surface area contributed by atoms with Crippen molar-refractivity contribution in [3.8, 4) is 11.3 Å². The standard InChI is InChI=1S/C12H11FO2/c1-8-6-9(2-4-11(8)13)12-5-3-10(7-14)15-12/h2-6,14H,7H2,1H3. The van der Waals surface area contributed by atoms with Crippen LogP contribution >= 0.6 is 0 Å². The third kappa shape index (κ3) is 1.92. The van der Waals surface area contributed by atoms with E-state index in [0.717, 1.165) is 5.56 Å². The number of hydrogen-bond donors (Lipinski definition) is 1. The van der Waals surface area contributed by atoms with Crippen LogP contribution in [0.5, 0.6) is 0 Å². The van der Waals surface area contributed by atoms with Gasteiger partial charge in [0.25, 0.3) is 0 Å². The molecule has 0 unspecified atom stereocenters. The number of hydrogen-bond acceptors (Lipinski definition) is 2. The lowest BCUT2D eigenvalue weighted by Crippen LogP contribution is -1.82. The lowest BCUT2D eigenvalue weighted by atomic mass is 10.1. The van der Waals surface area contributed by atoms with Crippen molar-refractivity contribution < 1.29 is 13.9 Å². The molecule has 2 aromatic rings.